The van der Waals surface area contributed by atoms with Gasteiger partial charge in [-0.05, 0) is 62.0 Å². The van der Waals surface area contributed by atoms with Gasteiger partial charge in [0.25, 0.3) is 0 Å². The lowest BCUT2D eigenvalue weighted by molar-refractivity contribution is 0.0985. The molecule has 0 saturated heterocycles. The van der Waals surface area contributed by atoms with E-state index >= 15 is 0 Å². The van der Waals surface area contributed by atoms with Crippen LogP contribution in [0.25, 0.3) is 0 Å². The first-order valence-electron chi connectivity index (χ1n) is 7.62. The minimum atomic E-state index is 0.320. The van der Waals surface area contributed by atoms with Gasteiger partial charge in [0.15, 0.2) is 5.78 Å². The molecule has 0 aromatic carbocycles. The van der Waals surface area contributed by atoms with E-state index in [9.17, 15) is 4.79 Å². The summed E-state index contributed by atoms with van der Waals surface area (Å²) in [7, 11) is 0. The second-order valence-electron chi connectivity index (χ2n) is 6.75. The molecular formula is C17H26OS. The third kappa shape index (κ3) is 4.17. The van der Waals surface area contributed by atoms with Gasteiger partial charge in [-0.15, -0.1) is 11.3 Å². The molecule has 1 aliphatic rings. The molecule has 0 amide bonds. The van der Waals surface area contributed by atoms with Gasteiger partial charge in [-0.1, -0.05) is 20.8 Å². The second-order valence-corrected chi connectivity index (χ2v) is 7.92. The number of ketones is 1. The molecule has 1 heterocycles. The molecule has 0 radical (unpaired) electrons. The van der Waals surface area contributed by atoms with E-state index in [0.717, 1.165) is 23.6 Å². The Labute approximate surface area is 121 Å². The number of rotatable bonds is 6. The Morgan fingerprint density at radius 3 is 2.84 bits per heavy atom. The smallest absolute Gasteiger partial charge is 0.172 e. The molecule has 1 unspecified atom stereocenters. The average Bonchev–Trinajstić information content (AvgIpc) is 2.93. The molecule has 1 saturated carbocycles. The highest BCUT2D eigenvalue weighted by molar-refractivity contribution is 7.14. The molecule has 1 aliphatic carbocycles. The van der Waals surface area contributed by atoms with Crippen molar-refractivity contribution in [3.8, 4) is 0 Å². The second kappa shape index (κ2) is 6.21. The van der Waals surface area contributed by atoms with E-state index in [4.69, 9.17) is 0 Å². The van der Waals surface area contributed by atoms with Crippen LogP contribution in [0.4, 0.5) is 0 Å². The molecule has 1 aromatic heterocycles. The van der Waals surface area contributed by atoms with E-state index in [1.807, 2.05) is 6.07 Å². The Morgan fingerprint density at radius 1 is 1.42 bits per heavy atom. The van der Waals surface area contributed by atoms with Crippen LogP contribution in [0.5, 0.6) is 0 Å². The van der Waals surface area contributed by atoms with Crippen molar-refractivity contribution in [3.63, 3.8) is 0 Å². The Kier molecular flexibility index (Phi) is 4.83. The minimum absolute atomic E-state index is 0.320. The van der Waals surface area contributed by atoms with Crippen LogP contribution in [-0.4, -0.2) is 5.78 Å². The highest BCUT2D eigenvalue weighted by atomic mass is 32.1. The largest absolute Gasteiger partial charge is 0.293 e. The number of hydrogen-bond acceptors (Lipinski definition) is 2. The number of hydrogen-bond donors (Lipinski definition) is 0. The summed E-state index contributed by atoms with van der Waals surface area (Å²) in [4.78, 5) is 14.2. The zero-order valence-corrected chi connectivity index (χ0v) is 13.3. The van der Waals surface area contributed by atoms with Crippen LogP contribution >= 0.6 is 11.3 Å². The monoisotopic (exact) mass is 278 g/mol. The molecule has 0 aliphatic heterocycles. The number of carbonyl (C=O) groups excluding carboxylic acids is 1. The van der Waals surface area contributed by atoms with Crippen molar-refractivity contribution in [1.29, 1.82) is 0 Å². The van der Waals surface area contributed by atoms with E-state index in [0.29, 0.717) is 17.6 Å². The summed E-state index contributed by atoms with van der Waals surface area (Å²) < 4.78 is 0. The van der Waals surface area contributed by atoms with Crippen molar-refractivity contribution in [2.24, 2.45) is 11.3 Å². The van der Waals surface area contributed by atoms with Gasteiger partial charge in [0, 0.05) is 11.3 Å². The Morgan fingerprint density at radius 2 is 2.21 bits per heavy atom. The number of thiophene rings is 1. The van der Waals surface area contributed by atoms with Crippen LogP contribution in [0.3, 0.4) is 0 Å². The average molecular weight is 278 g/mol. The van der Waals surface area contributed by atoms with Crippen molar-refractivity contribution in [2.45, 2.75) is 65.7 Å². The van der Waals surface area contributed by atoms with E-state index in [1.165, 1.54) is 30.6 Å². The maximum absolute atomic E-state index is 11.8. The number of carbonyl (C=O) groups is 1. The zero-order valence-electron chi connectivity index (χ0n) is 12.5. The first-order valence-corrected chi connectivity index (χ1v) is 8.44. The molecule has 1 fully saturated rings. The van der Waals surface area contributed by atoms with Crippen molar-refractivity contribution < 1.29 is 4.79 Å². The summed E-state index contributed by atoms with van der Waals surface area (Å²) in [6, 6.07) is 4.18. The molecule has 0 N–H and O–H groups in total. The number of aryl methyl sites for hydroxylation is 1. The molecule has 106 valence electrons. The summed E-state index contributed by atoms with van der Waals surface area (Å²) >= 11 is 1.71. The topological polar surface area (TPSA) is 17.1 Å². The van der Waals surface area contributed by atoms with Gasteiger partial charge in [0.2, 0.25) is 0 Å². The van der Waals surface area contributed by atoms with Crippen molar-refractivity contribution in [2.75, 3.05) is 0 Å². The summed E-state index contributed by atoms with van der Waals surface area (Å²) in [5.74, 6) is 1.22. The van der Waals surface area contributed by atoms with E-state index in [2.05, 4.69) is 26.8 Å². The lowest BCUT2D eigenvalue weighted by Crippen LogP contribution is -2.05. The molecule has 1 nitrogen and oxygen atoms in total. The Hall–Kier alpha value is -0.630. The van der Waals surface area contributed by atoms with Gasteiger partial charge in [0.1, 0.15) is 0 Å². The molecule has 2 heteroatoms. The van der Waals surface area contributed by atoms with Crippen molar-refractivity contribution in [3.05, 3.63) is 21.9 Å². The van der Waals surface area contributed by atoms with Crippen LogP contribution in [0.1, 0.15) is 73.8 Å². The Balaban J connectivity index is 1.82. The van der Waals surface area contributed by atoms with Crippen LogP contribution < -0.4 is 0 Å². The first kappa shape index (κ1) is 14.8. The summed E-state index contributed by atoms with van der Waals surface area (Å²) in [5, 5.41) is 0. The predicted octanol–water partition coefficient (Wildman–Crippen LogP) is 5.49. The van der Waals surface area contributed by atoms with Crippen molar-refractivity contribution in [1.82, 2.24) is 0 Å². The maximum atomic E-state index is 11.8. The predicted molar refractivity (Wildman–Crippen MR) is 83.0 cm³/mol. The molecule has 2 rings (SSSR count). The fourth-order valence-corrected chi connectivity index (χ4v) is 4.18. The van der Waals surface area contributed by atoms with Crippen LogP contribution in [0, 0.1) is 11.3 Å². The minimum Gasteiger partial charge on any atom is -0.293 e. The number of Topliss-reactive ketones (excluding diaryl/α,β-unsaturated/α-hetero) is 1. The standard InChI is InChI=1S/C17H26OS/c1-4-5-15(18)16-9-8-14(19-16)7-6-13-10-11-17(2,3)12-13/h8-9,13H,4-7,10-12H2,1-3H3. The van der Waals surface area contributed by atoms with Gasteiger partial charge in [0.05, 0.1) is 4.88 Å². The van der Waals surface area contributed by atoms with E-state index in [1.54, 1.807) is 11.3 Å². The third-order valence-corrected chi connectivity index (χ3v) is 5.47. The summed E-state index contributed by atoms with van der Waals surface area (Å²) in [6.45, 7) is 6.84. The fourth-order valence-electron chi connectivity index (χ4n) is 3.19. The normalized spacial score (nSPS) is 21.7. The molecule has 0 spiro atoms. The van der Waals surface area contributed by atoms with Gasteiger partial charge < -0.3 is 0 Å². The quantitative estimate of drug-likeness (QED) is 0.629. The SMILES string of the molecule is CCCC(=O)c1ccc(CCC2CCC(C)(C)C2)s1. The van der Waals surface area contributed by atoms with Crippen LogP contribution in [-0.2, 0) is 6.42 Å². The lowest BCUT2D eigenvalue weighted by Gasteiger charge is -2.16. The van der Waals surface area contributed by atoms with E-state index in [-0.39, 0.29) is 0 Å². The van der Waals surface area contributed by atoms with Crippen LogP contribution in [0.2, 0.25) is 0 Å². The highest BCUT2D eigenvalue weighted by Crippen LogP contribution is 2.42. The zero-order chi connectivity index (χ0) is 13.9. The first-order chi connectivity index (χ1) is 9.00. The van der Waals surface area contributed by atoms with Gasteiger partial charge in [-0.2, -0.15) is 0 Å². The summed E-state index contributed by atoms with van der Waals surface area (Å²) in [5.41, 5.74) is 0.558. The van der Waals surface area contributed by atoms with Gasteiger partial charge >= 0.3 is 0 Å². The van der Waals surface area contributed by atoms with Crippen molar-refractivity contribution >= 4 is 17.1 Å². The molecule has 0 bridgehead atoms. The molecule has 19 heavy (non-hydrogen) atoms. The van der Waals surface area contributed by atoms with Crippen LogP contribution in [0.15, 0.2) is 12.1 Å². The lowest BCUT2D eigenvalue weighted by atomic mass is 9.89. The summed E-state index contributed by atoms with van der Waals surface area (Å²) in [6.07, 6.45) is 8.23. The molecule has 1 atom stereocenters. The highest BCUT2D eigenvalue weighted by Gasteiger charge is 2.30. The van der Waals surface area contributed by atoms with Gasteiger partial charge in [-0.3, -0.25) is 4.79 Å². The Bertz CT molecular complexity index is 430. The van der Waals surface area contributed by atoms with Gasteiger partial charge in [-0.25, -0.2) is 0 Å². The third-order valence-electron chi connectivity index (χ3n) is 4.28. The fraction of sp³-hybridized carbons (Fsp3) is 0.706. The maximum Gasteiger partial charge on any atom is 0.172 e. The molecule has 1 aromatic rings. The van der Waals surface area contributed by atoms with E-state index < -0.39 is 0 Å². The molecular weight excluding hydrogens is 252 g/mol.